The van der Waals surface area contributed by atoms with Crippen molar-refractivity contribution in [2.24, 2.45) is 0 Å². The normalized spacial score (nSPS) is 14.8. The first-order valence-corrected chi connectivity index (χ1v) is 9.69. The Kier molecular flexibility index (Phi) is 10.5. The monoisotopic (exact) mass is 450 g/mol. The maximum atomic E-state index is 13.4. The molecule has 1 unspecified atom stereocenters. The van der Waals surface area contributed by atoms with E-state index in [9.17, 15) is 44.3 Å². The summed E-state index contributed by atoms with van der Waals surface area (Å²) in [5.74, 6) is -20.0. The molecule has 0 aromatic rings. The summed E-state index contributed by atoms with van der Waals surface area (Å²) in [5.41, 5.74) is 0. The SMILES string of the molecule is CCCCC(SCCCC(F)(F)C(F)(F)C(F)(F)C(F)(F)F)C(=O)OCCC. The molecule has 0 fully saturated rings. The van der Waals surface area contributed by atoms with Crippen molar-refractivity contribution in [2.75, 3.05) is 12.4 Å². The number of carbonyl (C=O) groups excluding carboxylic acids is 1. The zero-order chi connectivity index (χ0) is 22.2. The second-order valence-electron chi connectivity index (χ2n) is 6.12. The summed E-state index contributed by atoms with van der Waals surface area (Å²) >= 11 is 0.822. The summed E-state index contributed by atoms with van der Waals surface area (Å²) in [7, 11) is 0. The predicted molar refractivity (Wildman–Crippen MR) is 87.2 cm³/mol. The molecule has 168 valence electrons. The van der Waals surface area contributed by atoms with Crippen molar-refractivity contribution in [1.29, 1.82) is 0 Å². The van der Waals surface area contributed by atoms with Gasteiger partial charge in [-0.15, -0.1) is 11.8 Å². The van der Waals surface area contributed by atoms with Gasteiger partial charge in [-0.3, -0.25) is 4.79 Å². The lowest BCUT2D eigenvalue weighted by Gasteiger charge is -2.33. The number of alkyl halides is 9. The van der Waals surface area contributed by atoms with Crippen LogP contribution in [0.25, 0.3) is 0 Å². The van der Waals surface area contributed by atoms with Crippen molar-refractivity contribution in [1.82, 2.24) is 0 Å². The zero-order valence-electron chi connectivity index (χ0n) is 15.4. The van der Waals surface area contributed by atoms with Crippen LogP contribution in [0.4, 0.5) is 39.5 Å². The molecule has 0 bridgehead atoms. The van der Waals surface area contributed by atoms with Crippen molar-refractivity contribution in [3.63, 3.8) is 0 Å². The molecule has 0 aromatic carbocycles. The van der Waals surface area contributed by atoms with Crippen molar-refractivity contribution in [2.45, 2.75) is 81.6 Å². The Morgan fingerprint density at radius 3 is 1.93 bits per heavy atom. The maximum Gasteiger partial charge on any atom is 0.460 e. The molecule has 0 heterocycles. The molecule has 28 heavy (non-hydrogen) atoms. The van der Waals surface area contributed by atoms with Gasteiger partial charge in [0.2, 0.25) is 0 Å². The van der Waals surface area contributed by atoms with Crippen molar-refractivity contribution in [3.8, 4) is 0 Å². The minimum absolute atomic E-state index is 0.138. The minimum Gasteiger partial charge on any atom is -0.465 e. The second kappa shape index (κ2) is 10.8. The first-order valence-electron chi connectivity index (χ1n) is 8.64. The van der Waals surface area contributed by atoms with Gasteiger partial charge in [0, 0.05) is 6.42 Å². The number of thioether (sulfide) groups is 1. The van der Waals surface area contributed by atoms with Gasteiger partial charge in [-0.1, -0.05) is 26.7 Å². The van der Waals surface area contributed by atoms with E-state index >= 15 is 0 Å². The molecule has 0 saturated heterocycles. The molecule has 0 radical (unpaired) electrons. The summed E-state index contributed by atoms with van der Waals surface area (Å²) < 4.78 is 120. The highest BCUT2D eigenvalue weighted by atomic mass is 32.2. The summed E-state index contributed by atoms with van der Waals surface area (Å²) in [4.78, 5) is 11.9. The molecule has 12 heteroatoms. The summed E-state index contributed by atoms with van der Waals surface area (Å²) in [5, 5.41) is -0.753. The van der Waals surface area contributed by atoms with E-state index in [2.05, 4.69) is 0 Å². The molecule has 0 saturated carbocycles. The van der Waals surface area contributed by atoms with Gasteiger partial charge in [-0.25, -0.2) is 0 Å². The van der Waals surface area contributed by atoms with Crippen LogP contribution in [0, 0.1) is 0 Å². The van der Waals surface area contributed by atoms with Gasteiger partial charge in [0.05, 0.1) is 6.61 Å². The van der Waals surface area contributed by atoms with Gasteiger partial charge in [0.1, 0.15) is 5.25 Å². The van der Waals surface area contributed by atoms with E-state index < -0.39 is 48.0 Å². The molecule has 0 aliphatic heterocycles. The van der Waals surface area contributed by atoms with E-state index in [-0.39, 0.29) is 12.4 Å². The second-order valence-corrected chi connectivity index (χ2v) is 7.43. The molecule has 1 atom stereocenters. The Morgan fingerprint density at radius 2 is 1.46 bits per heavy atom. The van der Waals surface area contributed by atoms with Crippen LogP contribution >= 0.6 is 11.8 Å². The van der Waals surface area contributed by atoms with Gasteiger partial charge < -0.3 is 4.74 Å². The van der Waals surface area contributed by atoms with Crippen LogP contribution in [0.1, 0.15) is 52.4 Å². The Labute approximate surface area is 161 Å². The Hall–Kier alpha value is -0.810. The molecule has 0 rings (SSSR count). The van der Waals surface area contributed by atoms with Crippen molar-refractivity contribution < 1.29 is 49.0 Å². The highest BCUT2D eigenvalue weighted by Crippen LogP contribution is 2.54. The quantitative estimate of drug-likeness (QED) is 0.183. The molecule has 0 aromatic heterocycles. The lowest BCUT2D eigenvalue weighted by atomic mass is 10.00. The van der Waals surface area contributed by atoms with Crippen LogP contribution in [0.15, 0.2) is 0 Å². The smallest absolute Gasteiger partial charge is 0.460 e. The minimum atomic E-state index is -6.87. The number of rotatable bonds is 13. The molecule has 0 spiro atoms. The predicted octanol–water partition coefficient (Wildman–Crippen LogP) is 6.48. The van der Waals surface area contributed by atoms with Gasteiger partial charge in [-0.05, 0) is 25.0 Å². The van der Waals surface area contributed by atoms with Crippen LogP contribution in [0.3, 0.4) is 0 Å². The third-order valence-electron chi connectivity index (χ3n) is 3.70. The highest BCUT2D eigenvalue weighted by molar-refractivity contribution is 8.00. The summed E-state index contributed by atoms with van der Waals surface area (Å²) in [6.45, 7) is 3.72. The standard InChI is InChI=1S/C16H23F9O2S/c1-3-5-7-11(12(26)27-9-4-2)28-10-6-8-13(17,18)14(19,20)15(21,22)16(23,24)25/h11H,3-10H2,1-2H3. The van der Waals surface area contributed by atoms with Gasteiger partial charge in [0.15, 0.2) is 0 Å². The summed E-state index contributed by atoms with van der Waals surface area (Å²) in [6.07, 6.45) is -7.29. The molecule has 2 nitrogen and oxygen atoms in total. The molecule has 0 amide bonds. The van der Waals surface area contributed by atoms with Crippen LogP contribution in [0.5, 0.6) is 0 Å². The molecular formula is C16H23F9O2S. The maximum absolute atomic E-state index is 13.4. The third-order valence-corrected chi connectivity index (χ3v) is 5.05. The fraction of sp³-hybridized carbons (Fsp3) is 0.938. The number of esters is 1. The highest BCUT2D eigenvalue weighted by Gasteiger charge is 2.81. The Morgan fingerprint density at radius 1 is 0.893 bits per heavy atom. The fourth-order valence-electron chi connectivity index (χ4n) is 2.04. The fourth-order valence-corrected chi connectivity index (χ4v) is 3.17. The van der Waals surface area contributed by atoms with Crippen molar-refractivity contribution in [3.05, 3.63) is 0 Å². The Balaban J connectivity index is 4.86. The number of hydrogen-bond donors (Lipinski definition) is 0. The topological polar surface area (TPSA) is 26.3 Å². The number of unbranched alkanes of at least 4 members (excludes halogenated alkanes) is 1. The van der Waals surface area contributed by atoms with Crippen LogP contribution < -0.4 is 0 Å². The number of ether oxygens (including phenoxy) is 1. The number of carbonyl (C=O) groups is 1. The van der Waals surface area contributed by atoms with Gasteiger partial charge >= 0.3 is 29.9 Å². The van der Waals surface area contributed by atoms with Crippen LogP contribution in [0.2, 0.25) is 0 Å². The third kappa shape index (κ3) is 6.91. The van der Waals surface area contributed by atoms with E-state index in [1.165, 1.54) is 0 Å². The van der Waals surface area contributed by atoms with Crippen molar-refractivity contribution >= 4 is 17.7 Å². The van der Waals surface area contributed by atoms with E-state index in [0.717, 1.165) is 18.2 Å². The molecule has 0 N–H and O–H groups in total. The molecular weight excluding hydrogens is 427 g/mol. The zero-order valence-corrected chi connectivity index (χ0v) is 16.2. The van der Waals surface area contributed by atoms with Crippen LogP contribution in [-0.4, -0.2) is 47.5 Å². The first-order chi connectivity index (χ1) is 12.7. The van der Waals surface area contributed by atoms with E-state index in [1.807, 2.05) is 6.92 Å². The first kappa shape index (κ1) is 27.2. The number of halogens is 9. The van der Waals surface area contributed by atoms with E-state index in [4.69, 9.17) is 4.74 Å². The van der Waals surface area contributed by atoms with Gasteiger partial charge in [0.25, 0.3) is 0 Å². The Bertz CT molecular complexity index is 481. The van der Waals surface area contributed by atoms with Gasteiger partial charge in [-0.2, -0.15) is 39.5 Å². The average Bonchev–Trinajstić information content (AvgIpc) is 2.57. The number of hydrogen-bond acceptors (Lipinski definition) is 3. The summed E-state index contributed by atoms with van der Waals surface area (Å²) in [6, 6.07) is 0. The molecule has 0 aliphatic rings. The lowest BCUT2D eigenvalue weighted by Crippen LogP contribution is -2.60. The van der Waals surface area contributed by atoms with E-state index in [0.29, 0.717) is 19.3 Å². The largest absolute Gasteiger partial charge is 0.465 e. The molecule has 0 aliphatic carbocycles. The van der Waals surface area contributed by atoms with Crippen LogP contribution in [-0.2, 0) is 9.53 Å². The lowest BCUT2D eigenvalue weighted by molar-refractivity contribution is -0.396. The average molecular weight is 450 g/mol. The van der Waals surface area contributed by atoms with E-state index in [1.54, 1.807) is 6.92 Å².